The first-order valence-electron chi connectivity index (χ1n) is 5.28. The van der Waals surface area contributed by atoms with Crippen LogP contribution in [0.2, 0.25) is 0 Å². The minimum absolute atomic E-state index is 0.211. The Bertz CT molecular complexity index is 258. The van der Waals surface area contributed by atoms with Crippen LogP contribution < -0.4 is 0 Å². The van der Waals surface area contributed by atoms with Crippen LogP contribution >= 0.6 is 0 Å². The van der Waals surface area contributed by atoms with Crippen molar-refractivity contribution in [3.05, 3.63) is 12.2 Å². The van der Waals surface area contributed by atoms with Gasteiger partial charge in [0.25, 0.3) is 0 Å². The van der Waals surface area contributed by atoms with Gasteiger partial charge in [-0.05, 0) is 26.2 Å². The van der Waals surface area contributed by atoms with Gasteiger partial charge in [0.1, 0.15) is 12.2 Å². The molecule has 1 rings (SSSR count). The van der Waals surface area contributed by atoms with Crippen molar-refractivity contribution in [1.29, 1.82) is 0 Å². The van der Waals surface area contributed by atoms with Crippen molar-refractivity contribution < 1.29 is 5.11 Å². The molecule has 4 nitrogen and oxygen atoms in total. The number of aryl methyl sites for hydroxylation is 2. The van der Waals surface area contributed by atoms with Crippen molar-refractivity contribution in [2.45, 2.75) is 52.2 Å². The van der Waals surface area contributed by atoms with Crippen molar-refractivity contribution in [1.82, 2.24) is 14.8 Å². The molecule has 14 heavy (non-hydrogen) atoms. The first-order valence-corrected chi connectivity index (χ1v) is 5.28. The average molecular weight is 197 g/mol. The van der Waals surface area contributed by atoms with Gasteiger partial charge in [-0.15, -0.1) is 0 Å². The molecule has 0 aliphatic carbocycles. The highest BCUT2D eigenvalue weighted by Crippen LogP contribution is 2.04. The molecule has 0 spiro atoms. The van der Waals surface area contributed by atoms with Gasteiger partial charge in [0, 0.05) is 13.0 Å². The summed E-state index contributed by atoms with van der Waals surface area (Å²) >= 11 is 0. The summed E-state index contributed by atoms with van der Waals surface area (Å²) < 4.78 is 1.95. The quantitative estimate of drug-likeness (QED) is 0.749. The third-order valence-electron chi connectivity index (χ3n) is 2.15. The molecular formula is C10H19N3O. The smallest absolute Gasteiger partial charge is 0.138 e. The highest BCUT2D eigenvalue weighted by atomic mass is 16.3. The predicted molar refractivity (Wildman–Crippen MR) is 54.9 cm³/mol. The maximum atomic E-state index is 9.11. The van der Waals surface area contributed by atoms with E-state index in [0.29, 0.717) is 0 Å². The second-order valence-electron chi connectivity index (χ2n) is 3.64. The number of aromatic nitrogens is 3. The lowest BCUT2D eigenvalue weighted by molar-refractivity contribution is 0.181. The second-order valence-corrected chi connectivity index (χ2v) is 3.64. The van der Waals surface area contributed by atoms with Crippen LogP contribution in [-0.2, 0) is 13.0 Å². The molecule has 0 fully saturated rings. The molecule has 1 N–H and O–H groups in total. The van der Waals surface area contributed by atoms with Crippen LogP contribution in [0.25, 0.3) is 0 Å². The van der Waals surface area contributed by atoms with Crippen LogP contribution in [0.4, 0.5) is 0 Å². The fourth-order valence-electron chi connectivity index (χ4n) is 1.44. The largest absolute Gasteiger partial charge is 0.393 e. The molecule has 1 unspecified atom stereocenters. The monoisotopic (exact) mass is 197 g/mol. The van der Waals surface area contributed by atoms with Gasteiger partial charge in [-0.2, -0.15) is 5.10 Å². The Morgan fingerprint density at radius 1 is 1.57 bits per heavy atom. The molecular weight excluding hydrogens is 178 g/mol. The summed E-state index contributed by atoms with van der Waals surface area (Å²) in [5.74, 6) is 1.03. The maximum Gasteiger partial charge on any atom is 0.138 e. The SMILES string of the molecule is CCCn1ncnc1CCCC(C)O. The molecule has 0 saturated heterocycles. The molecule has 0 aliphatic heterocycles. The van der Waals surface area contributed by atoms with E-state index >= 15 is 0 Å². The highest BCUT2D eigenvalue weighted by molar-refractivity contribution is 4.84. The summed E-state index contributed by atoms with van der Waals surface area (Å²) in [7, 11) is 0. The number of aliphatic hydroxyl groups is 1. The van der Waals surface area contributed by atoms with E-state index in [1.165, 1.54) is 0 Å². The van der Waals surface area contributed by atoms with Gasteiger partial charge >= 0.3 is 0 Å². The van der Waals surface area contributed by atoms with Gasteiger partial charge in [-0.25, -0.2) is 4.98 Å². The van der Waals surface area contributed by atoms with E-state index in [-0.39, 0.29) is 6.10 Å². The molecule has 0 amide bonds. The third kappa shape index (κ3) is 3.46. The number of nitrogens with zero attached hydrogens (tertiary/aromatic N) is 3. The lowest BCUT2D eigenvalue weighted by Crippen LogP contribution is -2.07. The Balaban J connectivity index is 2.37. The molecule has 1 aromatic rings. The molecule has 0 aromatic carbocycles. The maximum absolute atomic E-state index is 9.11. The van der Waals surface area contributed by atoms with E-state index in [2.05, 4.69) is 17.0 Å². The molecule has 80 valence electrons. The van der Waals surface area contributed by atoms with E-state index in [1.54, 1.807) is 6.33 Å². The molecule has 0 bridgehead atoms. The summed E-state index contributed by atoms with van der Waals surface area (Å²) in [5.41, 5.74) is 0. The number of rotatable bonds is 6. The number of aliphatic hydroxyl groups excluding tert-OH is 1. The van der Waals surface area contributed by atoms with Crippen LogP contribution in [0.1, 0.15) is 38.9 Å². The molecule has 1 heterocycles. The zero-order chi connectivity index (χ0) is 10.4. The summed E-state index contributed by atoms with van der Waals surface area (Å²) in [6.07, 6.45) is 5.18. The van der Waals surface area contributed by atoms with Crippen molar-refractivity contribution in [2.24, 2.45) is 0 Å². The third-order valence-corrected chi connectivity index (χ3v) is 2.15. The van der Waals surface area contributed by atoms with E-state index in [1.807, 2.05) is 11.6 Å². The van der Waals surface area contributed by atoms with E-state index < -0.39 is 0 Å². The van der Waals surface area contributed by atoms with Crippen LogP contribution in [0.15, 0.2) is 6.33 Å². The summed E-state index contributed by atoms with van der Waals surface area (Å²) in [6, 6.07) is 0. The van der Waals surface area contributed by atoms with Crippen LogP contribution in [0, 0.1) is 0 Å². The standard InChI is InChI=1S/C10H19N3O/c1-3-7-13-10(11-8-12-13)6-4-5-9(2)14/h8-9,14H,3-7H2,1-2H3. The Kier molecular flexibility index (Phi) is 4.59. The first kappa shape index (κ1) is 11.2. The van der Waals surface area contributed by atoms with Crippen molar-refractivity contribution in [2.75, 3.05) is 0 Å². The van der Waals surface area contributed by atoms with Gasteiger partial charge in [-0.1, -0.05) is 6.92 Å². The van der Waals surface area contributed by atoms with Crippen molar-refractivity contribution in [3.63, 3.8) is 0 Å². The Morgan fingerprint density at radius 2 is 2.36 bits per heavy atom. The molecule has 0 saturated carbocycles. The van der Waals surface area contributed by atoms with E-state index in [0.717, 1.165) is 38.1 Å². The lowest BCUT2D eigenvalue weighted by atomic mass is 10.2. The van der Waals surface area contributed by atoms with Gasteiger partial charge in [0.05, 0.1) is 6.10 Å². The van der Waals surface area contributed by atoms with E-state index in [4.69, 9.17) is 5.11 Å². The van der Waals surface area contributed by atoms with Crippen LogP contribution in [-0.4, -0.2) is 26.0 Å². The molecule has 4 heteroatoms. The minimum Gasteiger partial charge on any atom is -0.393 e. The lowest BCUT2D eigenvalue weighted by Gasteiger charge is -2.05. The van der Waals surface area contributed by atoms with Gasteiger partial charge in [0.15, 0.2) is 0 Å². The topological polar surface area (TPSA) is 50.9 Å². The minimum atomic E-state index is -0.211. The fourth-order valence-corrected chi connectivity index (χ4v) is 1.44. The van der Waals surface area contributed by atoms with Crippen LogP contribution in [0.3, 0.4) is 0 Å². The molecule has 1 atom stereocenters. The Morgan fingerprint density at radius 3 is 3.00 bits per heavy atom. The molecule has 0 aliphatic rings. The van der Waals surface area contributed by atoms with Gasteiger partial charge in [0.2, 0.25) is 0 Å². The zero-order valence-electron chi connectivity index (χ0n) is 8.98. The van der Waals surface area contributed by atoms with Crippen molar-refractivity contribution in [3.8, 4) is 0 Å². The number of hydrogen-bond acceptors (Lipinski definition) is 3. The van der Waals surface area contributed by atoms with Crippen molar-refractivity contribution >= 4 is 0 Å². The van der Waals surface area contributed by atoms with E-state index in [9.17, 15) is 0 Å². The number of hydrogen-bond donors (Lipinski definition) is 1. The predicted octanol–water partition coefficient (Wildman–Crippen LogP) is 1.39. The van der Waals surface area contributed by atoms with Crippen LogP contribution in [0.5, 0.6) is 0 Å². The fraction of sp³-hybridized carbons (Fsp3) is 0.800. The second kappa shape index (κ2) is 5.75. The Labute approximate surface area is 85.0 Å². The summed E-state index contributed by atoms with van der Waals surface area (Å²) in [6.45, 7) is 4.88. The first-order chi connectivity index (χ1) is 6.74. The summed E-state index contributed by atoms with van der Waals surface area (Å²) in [5, 5.41) is 13.3. The van der Waals surface area contributed by atoms with Gasteiger partial charge in [-0.3, -0.25) is 4.68 Å². The zero-order valence-corrected chi connectivity index (χ0v) is 8.98. The molecule has 1 aromatic heterocycles. The molecule has 0 radical (unpaired) electrons. The Hall–Kier alpha value is -0.900. The highest BCUT2D eigenvalue weighted by Gasteiger charge is 2.03. The summed E-state index contributed by atoms with van der Waals surface area (Å²) in [4.78, 5) is 4.20. The normalized spacial score (nSPS) is 13.1. The van der Waals surface area contributed by atoms with Gasteiger partial charge < -0.3 is 5.11 Å². The average Bonchev–Trinajstić information content (AvgIpc) is 2.53.